The van der Waals surface area contributed by atoms with Crippen LogP contribution >= 0.6 is 0 Å². The third kappa shape index (κ3) is 5.22. The lowest BCUT2D eigenvalue weighted by atomic mass is 9.92. The van der Waals surface area contributed by atoms with Gasteiger partial charge < -0.3 is 10.6 Å². The zero-order chi connectivity index (χ0) is 21.6. The molecule has 0 radical (unpaired) electrons. The number of hydrogen-bond donors (Lipinski definition) is 2. The molecule has 0 atom stereocenters. The number of rotatable bonds is 9. The molecule has 2 aromatic rings. The minimum absolute atomic E-state index is 0.174. The predicted molar refractivity (Wildman–Crippen MR) is 114 cm³/mol. The lowest BCUT2D eigenvalue weighted by molar-refractivity contribution is 0.0850. The fraction of sp³-hybridized carbons (Fsp3) is 0.545. The highest BCUT2D eigenvalue weighted by Gasteiger charge is 2.30. The standard InChI is InChI=1S/C22H33N5O2/c1-7-16-11-12-18(15(5)24-16)20(28)23-14-22(9-3,10-4)25-21(29)19-13-17(8-2)26-27(19)6/h11-13H,7-10,14H2,1-6H3,(H,23,28)(H,25,29). The van der Waals surface area contributed by atoms with Crippen molar-refractivity contribution in [2.24, 2.45) is 7.05 Å². The molecular weight excluding hydrogens is 366 g/mol. The molecule has 2 amide bonds. The molecule has 0 saturated heterocycles. The summed E-state index contributed by atoms with van der Waals surface area (Å²) >= 11 is 0. The molecule has 0 fully saturated rings. The second-order valence-corrected chi connectivity index (χ2v) is 7.41. The highest BCUT2D eigenvalue weighted by Crippen LogP contribution is 2.17. The summed E-state index contributed by atoms with van der Waals surface area (Å²) in [5, 5.41) is 10.5. The Labute approximate surface area is 173 Å². The summed E-state index contributed by atoms with van der Waals surface area (Å²) in [6.45, 7) is 10.3. The van der Waals surface area contributed by atoms with Crippen molar-refractivity contribution < 1.29 is 9.59 Å². The lowest BCUT2D eigenvalue weighted by Gasteiger charge is -2.33. The van der Waals surface area contributed by atoms with Gasteiger partial charge in [0.05, 0.1) is 22.5 Å². The van der Waals surface area contributed by atoms with E-state index in [-0.39, 0.29) is 11.8 Å². The van der Waals surface area contributed by atoms with E-state index in [9.17, 15) is 9.59 Å². The van der Waals surface area contributed by atoms with Crippen molar-refractivity contribution in [2.75, 3.05) is 6.54 Å². The Bertz CT molecular complexity index is 868. The highest BCUT2D eigenvalue weighted by molar-refractivity contribution is 5.95. The summed E-state index contributed by atoms with van der Waals surface area (Å²) in [4.78, 5) is 30.1. The van der Waals surface area contributed by atoms with E-state index >= 15 is 0 Å². The fourth-order valence-corrected chi connectivity index (χ4v) is 3.33. The molecule has 2 aromatic heterocycles. The number of nitrogens with one attached hydrogen (secondary N) is 2. The van der Waals surface area contributed by atoms with E-state index in [1.165, 1.54) is 0 Å². The SMILES string of the molecule is CCc1ccc(C(=O)NCC(CC)(CC)NC(=O)c2cc(CC)nn2C)c(C)n1. The molecule has 7 heteroatoms. The van der Waals surface area contributed by atoms with Gasteiger partial charge in [-0.3, -0.25) is 19.3 Å². The van der Waals surface area contributed by atoms with E-state index in [2.05, 4.69) is 20.7 Å². The topological polar surface area (TPSA) is 88.9 Å². The Morgan fingerprint density at radius 2 is 1.69 bits per heavy atom. The van der Waals surface area contributed by atoms with Crippen LogP contribution in [0, 0.1) is 6.92 Å². The molecule has 29 heavy (non-hydrogen) atoms. The summed E-state index contributed by atoms with van der Waals surface area (Å²) in [5.74, 6) is -0.352. The van der Waals surface area contributed by atoms with Gasteiger partial charge >= 0.3 is 0 Å². The smallest absolute Gasteiger partial charge is 0.270 e. The third-order valence-electron chi connectivity index (χ3n) is 5.60. The van der Waals surface area contributed by atoms with Gasteiger partial charge in [0, 0.05) is 19.3 Å². The van der Waals surface area contributed by atoms with Crippen LogP contribution in [-0.4, -0.2) is 38.7 Å². The minimum atomic E-state index is -0.534. The van der Waals surface area contributed by atoms with Gasteiger partial charge in [0.15, 0.2) is 0 Å². The highest BCUT2D eigenvalue weighted by atomic mass is 16.2. The average Bonchev–Trinajstić information content (AvgIpc) is 3.11. The van der Waals surface area contributed by atoms with Crippen LogP contribution in [0.2, 0.25) is 0 Å². The molecule has 0 aliphatic heterocycles. The Morgan fingerprint density at radius 3 is 2.21 bits per heavy atom. The average molecular weight is 400 g/mol. The van der Waals surface area contributed by atoms with Gasteiger partial charge in [-0.25, -0.2) is 0 Å². The monoisotopic (exact) mass is 399 g/mol. The number of aromatic nitrogens is 3. The van der Waals surface area contributed by atoms with Gasteiger partial charge in [0.2, 0.25) is 0 Å². The van der Waals surface area contributed by atoms with E-state index in [1.807, 2.05) is 52.8 Å². The van der Waals surface area contributed by atoms with E-state index in [4.69, 9.17) is 0 Å². The maximum absolute atomic E-state index is 12.9. The lowest BCUT2D eigenvalue weighted by Crippen LogP contribution is -2.55. The van der Waals surface area contributed by atoms with Crippen molar-refractivity contribution in [1.29, 1.82) is 0 Å². The second kappa shape index (κ2) is 9.67. The Morgan fingerprint density at radius 1 is 1.03 bits per heavy atom. The second-order valence-electron chi connectivity index (χ2n) is 7.41. The van der Waals surface area contributed by atoms with Crippen LogP contribution in [0.25, 0.3) is 0 Å². The Balaban J connectivity index is 2.12. The zero-order valence-corrected chi connectivity index (χ0v) is 18.4. The maximum atomic E-state index is 12.9. The van der Waals surface area contributed by atoms with Crippen LogP contribution in [0.5, 0.6) is 0 Å². The van der Waals surface area contributed by atoms with Crippen molar-refractivity contribution in [3.8, 4) is 0 Å². The van der Waals surface area contributed by atoms with Crippen LogP contribution in [0.1, 0.15) is 78.5 Å². The molecule has 0 aromatic carbocycles. The van der Waals surface area contributed by atoms with Crippen molar-refractivity contribution in [1.82, 2.24) is 25.4 Å². The van der Waals surface area contributed by atoms with Gasteiger partial charge in [-0.1, -0.05) is 27.7 Å². The van der Waals surface area contributed by atoms with Crippen LogP contribution in [0.4, 0.5) is 0 Å². The van der Waals surface area contributed by atoms with E-state index in [1.54, 1.807) is 11.7 Å². The van der Waals surface area contributed by atoms with E-state index in [0.717, 1.165) is 24.2 Å². The molecule has 0 aliphatic carbocycles. The fourth-order valence-electron chi connectivity index (χ4n) is 3.33. The number of carbonyl (C=O) groups is 2. The van der Waals surface area contributed by atoms with Gasteiger partial charge in [-0.2, -0.15) is 5.10 Å². The van der Waals surface area contributed by atoms with Crippen molar-refractivity contribution >= 4 is 11.8 Å². The quantitative estimate of drug-likeness (QED) is 0.678. The minimum Gasteiger partial charge on any atom is -0.350 e. The number of carbonyl (C=O) groups excluding carboxylic acids is 2. The number of aryl methyl sites for hydroxylation is 4. The molecule has 0 saturated carbocycles. The molecular formula is C22H33N5O2. The normalized spacial score (nSPS) is 11.4. The number of nitrogens with zero attached hydrogens (tertiary/aromatic N) is 3. The van der Waals surface area contributed by atoms with E-state index < -0.39 is 5.54 Å². The molecule has 0 spiro atoms. The van der Waals surface area contributed by atoms with Crippen LogP contribution in [-0.2, 0) is 19.9 Å². The van der Waals surface area contributed by atoms with Gasteiger partial charge in [-0.05, 0) is 50.8 Å². The van der Waals surface area contributed by atoms with E-state index in [0.29, 0.717) is 36.3 Å². The number of hydrogen-bond acceptors (Lipinski definition) is 4. The van der Waals surface area contributed by atoms with Gasteiger partial charge in [-0.15, -0.1) is 0 Å². The first-order valence-electron chi connectivity index (χ1n) is 10.4. The van der Waals surface area contributed by atoms with Crippen LogP contribution in [0.15, 0.2) is 18.2 Å². The summed E-state index contributed by atoms with van der Waals surface area (Å²) in [7, 11) is 1.77. The Kier molecular flexibility index (Phi) is 7.53. The summed E-state index contributed by atoms with van der Waals surface area (Å²) < 4.78 is 1.60. The maximum Gasteiger partial charge on any atom is 0.270 e. The molecule has 2 heterocycles. The molecule has 2 rings (SSSR count). The molecule has 7 nitrogen and oxygen atoms in total. The summed E-state index contributed by atoms with van der Waals surface area (Å²) in [6, 6.07) is 5.51. The number of pyridine rings is 1. The largest absolute Gasteiger partial charge is 0.350 e. The van der Waals surface area contributed by atoms with Crippen molar-refractivity contribution in [2.45, 2.75) is 65.8 Å². The first-order chi connectivity index (χ1) is 13.8. The summed E-state index contributed by atoms with van der Waals surface area (Å²) in [6.07, 6.45) is 2.99. The molecule has 158 valence electrons. The number of amides is 2. The third-order valence-corrected chi connectivity index (χ3v) is 5.60. The first-order valence-corrected chi connectivity index (χ1v) is 10.4. The molecule has 0 bridgehead atoms. The first kappa shape index (κ1) is 22.6. The zero-order valence-electron chi connectivity index (χ0n) is 18.4. The van der Waals surface area contributed by atoms with Crippen LogP contribution in [0.3, 0.4) is 0 Å². The summed E-state index contributed by atoms with van der Waals surface area (Å²) in [5.41, 5.74) is 3.11. The molecule has 0 aliphatic rings. The molecule has 2 N–H and O–H groups in total. The Hall–Kier alpha value is -2.70. The van der Waals surface area contributed by atoms with Gasteiger partial charge in [0.25, 0.3) is 11.8 Å². The van der Waals surface area contributed by atoms with Crippen LogP contribution < -0.4 is 10.6 Å². The van der Waals surface area contributed by atoms with Crippen molar-refractivity contribution in [3.05, 3.63) is 46.5 Å². The van der Waals surface area contributed by atoms with Gasteiger partial charge in [0.1, 0.15) is 5.69 Å². The predicted octanol–water partition coefficient (Wildman–Crippen LogP) is 2.97. The molecule has 0 unspecified atom stereocenters. The van der Waals surface area contributed by atoms with Crippen molar-refractivity contribution in [3.63, 3.8) is 0 Å².